The molecule has 15 atom stereocenters. The summed E-state index contributed by atoms with van der Waals surface area (Å²) < 4.78 is 28.6. The number of rotatable bonds is 9. The average Bonchev–Trinajstić information content (AvgIpc) is 3.01. The number of nitrogens with two attached hydrogens (primary N) is 3. The maximum atomic E-state index is 11.7. The van der Waals surface area contributed by atoms with Gasteiger partial charge in [0.1, 0.15) is 48.3 Å². The predicted molar refractivity (Wildman–Crippen MR) is 139 cm³/mol. The number of aliphatic hydroxyl groups excluding tert-OH is 7. The van der Waals surface area contributed by atoms with Crippen LogP contribution in [0.2, 0.25) is 0 Å². The number of pyridine rings is 1. The highest BCUT2D eigenvalue weighted by molar-refractivity contribution is 5.25. The molecule has 4 rings (SSSR count). The first kappa shape index (κ1) is 33.4. The van der Waals surface area contributed by atoms with Crippen LogP contribution in [0.1, 0.15) is 19.0 Å². The number of nitrogens with zero attached hydrogens (tertiary/aromatic N) is 1. The van der Waals surface area contributed by atoms with Gasteiger partial charge in [0, 0.05) is 6.20 Å². The van der Waals surface area contributed by atoms with Crippen LogP contribution < -0.4 is 17.2 Å². The van der Waals surface area contributed by atoms with E-state index in [1.807, 2.05) is 0 Å². The molecule has 0 aromatic carbocycles. The summed E-state index contributed by atoms with van der Waals surface area (Å²) in [6, 6.07) is 0.508. The molecule has 0 saturated carbocycles. The van der Waals surface area contributed by atoms with Crippen molar-refractivity contribution >= 4 is 0 Å². The summed E-state index contributed by atoms with van der Waals surface area (Å²) in [7, 11) is 0. The largest absolute Gasteiger partial charge is 0.394 e. The van der Waals surface area contributed by atoms with Crippen molar-refractivity contribution in [1.29, 1.82) is 0 Å². The van der Waals surface area contributed by atoms with Crippen molar-refractivity contribution < 1.29 is 64.5 Å². The topological polar surface area (TPSA) is 299 Å². The van der Waals surface area contributed by atoms with Crippen LogP contribution in [-0.4, -0.2) is 151 Å². The Labute approximate surface area is 241 Å². The molecule has 0 spiro atoms. The van der Waals surface area contributed by atoms with Gasteiger partial charge in [-0.15, -0.1) is 0 Å². The molecule has 3 aliphatic heterocycles. The lowest BCUT2D eigenvalue weighted by Crippen LogP contribution is -2.75. The van der Waals surface area contributed by atoms with Gasteiger partial charge in [0.15, 0.2) is 24.5 Å². The van der Waals surface area contributed by atoms with E-state index in [1.54, 1.807) is 19.1 Å². The molecule has 0 aliphatic carbocycles. The zero-order valence-corrected chi connectivity index (χ0v) is 22.9. The Kier molecular flexibility index (Phi) is 10.5. The fourth-order valence-electron chi connectivity index (χ4n) is 5.76. The molecule has 2 unspecified atom stereocenters. The molecular weight excluding hydrogens is 564 g/mol. The van der Waals surface area contributed by atoms with E-state index < -0.39 is 111 Å². The molecule has 1 aromatic heterocycles. The highest BCUT2D eigenvalue weighted by Gasteiger charge is 2.65. The van der Waals surface area contributed by atoms with Gasteiger partial charge in [0.2, 0.25) is 0 Å². The summed E-state index contributed by atoms with van der Waals surface area (Å²) in [5.74, 6) is 0. The van der Waals surface area contributed by atoms with Crippen molar-refractivity contribution in [1.82, 2.24) is 4.98 Å². The van der Waals surface area contributed by atoms with Crippen LogP contribution >= 0.6 is 0 Å². The number of hydrogen-bond acceptors (Lipinski definition) is 17. The van der Waals surface area contributed by atoms with E-state index in [9.17, 15) is 40.9 Å². The first-order valence-electron chi connectivity index (χ1n) is 13.7. The molecule has 0 amide bonds. The average molecular weight is 607 g/mol. The SMILES string of the molecule is CC[C@]1(CO)O[C@H](OC2[C@@H](CO)O[C@@H](OC3[C@@H](CO)O[C@@H](O)[C@H](N)[C@H]3O)[C@H](N)[C@H]2O)[C@H](N)[C@@H](O)[C@@]1(O)c1ccccn1. The van der Waals surface area contributed by atoms with Crippen molar-refractivity contribution in [3.05, 3.63) is 30.1 Å². The maximum Gasteiger partial charge on any atom is 0.176 e. The van der Waals surface area contributed by atoms with Crippen LogP contribution in [0.3, 0.4) is 0 Å². The van der Waals surface area contributed by atoms with Crippen LogP contribution in [0.5, 0.6) is 0 Å². The van der Waals surface area contributed by atoms with Crippen molar-refractivity contribution in [2.75, 3.05) is 19.8 Å². The van der Waals surface area contributed by atoms with E-state index >= 15 is 0 Å². The van der Waals surface area contributed by atoms with Crippen molar-refractivity contribution in [3.8, 4) is 0 Å². The van der Waals surface area contributed by atoms with Crippen LogP contribution in [0.4, 0.5) is 0 Å². The number of aromatic nitrogens is 1. The Balaban J connectivity index is 1.55. The van der Waals surface area contributed by atoms with Crippen molar-refractivity contribution in [3.63, 3.8) is 0 Å². The highest BCUT2D eigenvalue weighted by atomic mass is 16.7. The molecule has 17 nitrogen and oxygen atoms in total. The summed E-state index contributed by atoms with van der Waals surface area (Å²) in [5.41, 5.74) is 14.1. The summed E-state index contributed by atoms with van der Waals surface area (Å²) in [5, 5.41) is 84.7. The molecule has 14 N–H and O–H groups in total. The normalized spacial score (nSPS) is 48.2. The second-order valence-corrected chi connectivity index (χ2v) is 10.8. The third kappa shape index (κ3) is 5.58. The first-order valence-corrected chi connectivity index (χ1v) is 13.7. The van der Waals surface area contributed by atoms with E-state index in [1.165, 1.54) is 12.3 Å². The fourth-order valence-corrected chi connectivity index (χ4v) is 5.76. The van der Waals surface area contributed by atoms with Gasteiger partial charge in [-0.05, 0) is 18.6 Å². The molecule has 240 valence electrons. The minimum Gasteiger partial charge on any atom is -0.394 e. The Morgan fingerprint density at radius 2 is 1.45 bits per heavy atom. The second kappa shape index (κ2) is 13.2. The van der Waals surface area contributed by atoms with E-state index in [0.29, 0.717) is 0 Å². The second-order valence-electron chi connectivity index (χ2n) is 10.8. The Morgan fingerprint density at radius 3 is 2.00 bits per heavy atom. The van der Waals surface area contributed by atoms with E-state index in [0.717, 1.165) is 0 Å². The van der Waals surface area contributed by atoms with Gasteiger partial charge in [0.05, 0.1) is 43.6 Å². The van der Waals surface area contributed by atoms with Crippen LogP contribution in [0, 0.1) is 0 Å². The zero-order chi connectivity index (χ0) is 31.0. The van der Waals surface area contributed by atoms with Gasteiger partial charge in [-0.25, -0.2) is 0 Å². The molecule has 3 aliphatic rings. The molecule has 0 radical (unpaired) electrons. The van der Waals surface area contributed by atoms with Crippen LogP contribution in [0.25, 0.3) is 0 Å². The number of ether oxygens (including phenoxy) is 5. The quantitative estimate of drug-likeness (QED) is 0.125. The lowest BCUT2D eigenvalue weighted by Gasteiger charge is -2.56. The van der Waals surface area contributed by atoms with Gasteiger partial charge in [-0.1, -0.05) is 13.0 Å². The zero-order valence-electron chi connectivity index (χ0n) is 22.9. The van der Waals surface area contributed by atoms with Crippen LogP contribution in [0.15, 0.2) is 24.4 Å². The molecule has 0 bridgehead atoms. The van der Waals surface area contributed by atoms with Crippen LogP contribution in [-0.2, 0) is 29.3 Å². The lowest BCUT2D eigenvalue weighted by atomic mass is 9.70. The molecule has 17 heteroatoms. The maximum absolute atomic E-state index is 11.7. The standard InChI is InChI=1S/C25H42N4O13/c1-2-24(9-32)25(37,12-5-3-4-6-29-12)20(35)15(28)23(42-24)41-19-11(8-31)39-22(14(27)17(19)34)40-18-10(7-30)38-21(36)13(26)16(18)33/h3-6,10-11,13-23,30-37H,2,7-9,26-28H2,1H3/t10-,11-,13-,14-,15-,16-,17-,18?,19?,20-,21-,22+,23+,24-,25+/m1/s1. The number of hydrogen-bond donors (Lipinski definition) is 11. The Bertz CT molecular complexity index is 1010. The fraction of sp³-hybridized carbons (Fsp3) is 0.800. The van der Waals surface area contributed by atoms with Gasteiger partial charge in [-0.3, -0.25) is 4.98 Å². The monoisotopic (exact) mass is 606 g/mol. The van der Waals surface area contributed by atoms with Gasteiger partial charge in [-0.2, -0.15) is 0 Å². The van der Waals surface area contributed by atoms with Crippen molar-refractivity contribution in [2.45, 2.75) is 104 Å². The molecule has 1 aromatic rings. The van der Waals surface area contributed by atoms with E-state index in [4.69, 9.17) is 40.9 Å². The number of aliphatic hydroxyl groups is 8. The summed E-state index contributed by atoms with van der Waals surface area (Å²) in [6.07, 6.45) is -13.5. The minimum absolute atomic E-state index is 0.000817. The smallest absolute Gasteiger partial charge is 0.176 e. The molecule has 42 heavy (non-hydrogen) atoms. The predicted octanol–water partition coefficient (Wildman–Crippen LogP) is -5.97. The molecule has 4 heterocycles. The van der Waals surface area contributed by atoms with Crippen molar-refractivity contribution in [2.24, 2.45) is 17.2 Å². The summed E-state index contributed by atoms with van der Waals surface area (Å²) in [6.45, 7) is -0.580. The highest BCUT2D eigenvalue weighted by Crippen LogP contribution is 2.46. The third-order valence-corrected chi connectivity index (χ3v) is 8.43. The minimum atomic E-state index is -2.26. The molecule has 3 fully saturated rings. The lowest BCUT2D eigenvalue weighted by molar-refractivity contribution is -0.380. The Hall–Kier alpha value is -1.49. The van der Waals surface area contributed by atoms with Gasteiger partial charge < -0.3 is 81.7 Å². The first-order chi connectivity index (χ1) is 19.9. The molecule has 3 saturated heterocycles. The third-order valence-electron chi connectivity index (χ3n) is 8.43. The molecular formula is C25H42N4O13. The van der Waals surface area contributed by atoms with E-state index in [2.05, 4.69) is 4.98 Å². The Morgan fingerprint density at radius 1 is 0.857 bits per heavy atom. The van der Waals surface area contributed by atoms with Gasteiger partial charge in [0.25, 0.3) is 0 Å². The summed E-state index contributed by atoms with van der Waals surface area (Å²) >= 11 is 0. The van der Waals surface area contributed by atoms with Gasteiger partial charge >= 0.3 is 0 Å². The van der Waals surface area contributed by atoms with E-state index in [-0.39, 0.29) is 12.1 Å². The summed E-state index contributed by atoms with van der Waals surface area (Å²) in [4.78, 5) is 4.13.